The van der Waals surface area contributed by atoms with E-state index in [1.54, 1.807) is 4.90 Å². The average Bonchev–Trinajstić information content (AvgIpc) is 3.31. The zero-order valence-electron chi connectivity index (χ0n) is 16.1. The Bertz CT molecular complexity index is 1020. The maximum atomic E-state index is 13.3. The Morgan fingerprint density at radius 2 is 2.03 bits per heavy atom. The minimum Gasteiger partial charge on any atom is -0.364 e. The molecule has 4 rings (SSSR count). The van der Waals surface area contributed by atoms with E-state index >= 15 is 0 Å². The van der Waals surface area contributed by atoms with E-state index in [0.717, 1.165) is 0 Å². The number of hydrogen-bond donors (Lipinski definition) is 3. The average molecular weight is 434 g/mol. The van der Waals surface area contributed by atoms with Gasteiger partial charge in [0, 0.05) is 12.6 Å². The van der Waals surface area contributed by atoms with Crippen molar-refractivity contribution in [1.82, 2.24) is 15.3 Å². The van der Waals surface area contributed by atoms with Gasteiger partial charge in [-0.1, -0.05) is 11.6 Å². The maximum absolute atomic E-state index is 13.3. The topological polar surface area (TPSA) is 121 Å². The van der Waals surface area contributed by atoms with Crippen LogP contribution in [0.3, 0.4) is 0 Å². The first kappa shape index (κ1) is 20.3. The van der Waals surface area contributed by atoms with Crippen molar-refractivity contribution in [1.29, 1.82) is 0 Å². The van der Waals surface area contributed by atoms with Crippen LogP contribution in [0.25, 0.3) is 0 Å². The number of nitrogens with two attached hydrogens (primary N) is 1. The molecule has 1 aromatic heterocycles. The number of primary amides is 1. The molecular formula is C20H21ClFN5O3. The summed E-state index contributed by atoms with van der Waals surface area (Å²) in [6.45, 7) is 0.525. The number of anilines is 1. The first-order chi connectivity index (χ1) is 14.3. The number of amides is 3. The van der Waals surface area contributed by atoms with Crippen LogP contribution >= 0.6 is 11.6 Å². The third kappa shape index (κ3) is 3.54. The Balaban J connectivity index is 1.40. The molecule has 0 bridgehead atoms. The highest BCUT2D eigenvalue weighted by molar-refractivity contribution is 6.34. The van der Waals surface area contributed by atoms with Crippen molar-refractivity contribution in [3.05, 3.63) is 46.8 Å². The fourth-order valence-corrected chi connectivity index (χ4v) is 4.71. The van der Waals surface area contributed by atoms with E-state index in [9.17, 15) is 18.8 Å². The first-order valence-electron chi connectivity index (χ1n) is 9.72. The number of imidazole rings is 1. The summed E-state index contributed by atoms with van der Waals surface area (Å²) in [6.07, 6.45) is 4.43. The van der Waals surface area contributed by atoms with Gasteiger partial charge in [-0.2, -0.15) is 0 Å². The predicted octanol–water partition coefficient (Wildman–Crippen LogP) is 2.40. The standard InChI is InChI=1S/C20H21ClFN5O3/c21-13-9-11(22)1-2-14(13)27-8-7-20(19(27)30)5-3-12(4-6-20)26-18(29)16-15(17(23)28)24-10-25-16/h1-2,9-10,12H,3-8H2,(H2,23,28)(H,24,25)(H,26,29)/t12-,20+. The second-order valence-corrected chi connectivity index (χ2v) is 8.23. The van der Waals surface area contributed by atoms with Gasteiger partial charge >= 0.3 is 0 Å². The van der Waals surface area contributed by atoms with Crippen LogP contribution in [0, 0.1) is 11.2 Å². The largest absolute Gasteiger partial charge is 0.364 e. The van der Waals surface area contributed by atoms with Crippen LogP contribution in [0.2, 0.25) is 5.02 Å². The predicted molar refractivity (Wildman–Crippen MR) is 108 cm³/mol. The molecule has 158 valence electrons. The number of aromatic nitrogens is 2. The van der Waals surface area contributed by atoms with Gasteiger partial charge in [0.15, 0.2) is 5.69 Å². The lowest BCUT2D eigenvalue weighted by molar-refractivity contribution is -0.127. The molecule has 2 fully saturated rings. The van der Waals surface area contributed by atoms with Gasteiger partial charge in [-0.25, -0.2) is 9.37 Å². The molecular weight excluding hydrogens is 413 g/mol. The van der Waals surface area contributed by atoms with Crippen molar-refractivity contribution >= 4 is 35.0 Å². The molecule has 2 aromatic rings. The van der Waals surface area contributed by atoms with Crippen molar-refractivity contribution in [2.75, 3.05) is 11.4 Å². The van der Waals surface area contributed by atoms with Gasteiger partial charge < -0.3 is 20.9 Å². The van der Waals surface area contributed by atoms with Crippen LogP contribution in [-0.4, -0.2) is 40.3 Å². The Kier molecular flexibility index (Phi) is 5.23. The smallest absolute Gasteiger partial charge is 0.270 e. The number of rotatable bonds is 4. The molecule has 10 heteroatoms. The van der Waals surface area contributed by atoms with Crippen LogP contribution in [0.5, 0.6) is 0 Å². The molecule has 30 heavy (non-hydrogen) atoms. The number of nitrogens with zero attached hydrogens (tertiary/aromatic N) is 2. The summed E-state index contributed by atoms with van der Waals surface area (Å²) in [5.41, 5.74) is 5.20. The molecule has 1 aliphatic heterocycles. The third-order valence-corrected chi connectivity index (χ3v) is 6.39. The van der Waals surface area contributed by atoms with E-state index in [1.807, 2.05) is 0 Å². The van der Waals surface area contributed by atoms with Gasteiger partial charge in [-0.05, 0) is 50.3 Å². The highest BCUT2D eigenvalue weighted by Crippen LogP contribution is 2.47. The quantitative estimate of drug-likeness (QED) is 0.685. The second kappa shape index (κ2) is 7.71. The van der Waals surface area contributed by atoms with Crippen molar-refractivity contribution in [3.8, 4) is 0 Å². The third-order valence-electron chi connectivity index (χ3n) is 6.09. The minimum absolute atomic E-state index is 0.00892. The number of benzene rings is 1. The van der Waals surface area contributed by atoms with Crippen LogP contribution in [-0.2, 0) is 4.79 Å². The number of halogens is 2. The molecule has 2 aliphatic rings. The molecule has 1 saturated carbocycles. The number of H-pyrrole nitrogens is 1. The van der Waals surface area contributed by atoms with Crippen LogP contribution < -0.4 is 16.0 Å². The number of nitrogens with one attached hydrogen (secondary N) is 2. The first-order valence-corrected chi connectivity index (χ1v) is 10.1. The Morgan fingerprint density at radius 3 is 2.70 bits per heavy atom. The summed E-state index contributed by atoms with van der Waals surface area (Å²) in [4.78, 5) is 45.1. The summed E-state index contributed by atoms with van der Waals surface area (Å²) < 4.78 is 13.3. The highest BCUT2D eigenvalue weighted by atomic mass is 35.5. The van der Waals surface area contributed by atoms with E-state index < -0.39 is 23.0 Å². The summed E-state index contributed by atoms with van der Waals surface area (Å²) in [5.74, 6) is -1.68. The molecule has 0 atom stereocenters. The number of aromatic amines is 1. The summed E-state index contributed by atoms with van der Waals surface area (Å²) in [5, 5.41) is 3.10. The van der Waals surface area contributed by atoms with E-state index in [1.165, 1.54) is 24.5 Å². The van der Waals surface area contributed by atoms with Crippen LogP contribution in [0.15, 0.2) is 24.5 Å². The lowest BCUT2D eigenvalue weighted by Gasteiger charge is -2.36. The molecule has 1 saturated heterocycles. The number of carbonyl (C=O) groups is 3. The van der Waals surface area contributed by atoms with Gasteiger partial charge in [0.1, 0.15) is 11.5 Å². The van der Waals surface area contributed by atoms with Gasteiger partial charge in [-0.3, -0.25) is 14.4 Å². The molecule has 1 aromatic carbocycles. The van der Waals surface area contributed by atoms with Crippen molar-refractivity contribution in [2.24, 2.45) is 11.1 Å². The van der Waals surface area contributed by atoms with Crippen molar-refractivity contribution in [2.45, 2.75) is 38.1 Å². The van der Waals surface area contributed by atoms with Crippen LogP contribution in [0.4, 0.5) is 10.1 Å². The van der Waals surface area contributed by atoms with Gasteiger partial charge in [-0.15, -0.1) is 0 Å². The molecule has 0 radical (unpaired) electrons. The lowest BCUT2D eigenvalue weighted by atomic mass is 9.71. The zero-order valence-corrected chi connectivity index (χ0v) is 16.8. The monoisotopic (exact) mass is 433 g/mol. The minimum atomic E-state index is -0.778. The highest BCUT2D eigenvalue weighted by Gasteiger charge is 2.49. The fraction of sp³-hybridized carbons (Fsp3) is 0.400. The Hall–Kier alpha value is -2.94. The van der Waals surface area contributed by atoms with Gasteiger partial charge in [0.25, 0.3) is 11.8 Å². The summed E-state index contributed by atoms with van der Waals surface area (Å²) in [6, 6.07) is 3.91. The van der Waals surface area contributed by atoms with Crippen molar-refractivity contribution < 1.29 is 18.8 Å². The van der Waals surface area contributed by atoms with Crippen molar-refractivity contribution in [3.63, 3.8) is 0 Å². The SMILES string of the molecule is NC(=O)c1nc[nH]c1C(=O)N[C@H]1CC[C@]2(CCN(c3ccc(F)cc3Cl)C2=O)CC1. The van der Waals surface area contributed by atoms with E-state index in [4.69, 9.17) is 17.3 Å². The second-order valence-electron chi connectivity index (χ2n) is 7.82. The maximum Gasteiger partial charge on any atom is 0.270 e. The lowest BCUT2D eigenvalue weighted by Crippen LogP contribution is -2.44. The fourth-order valence-electron chi connectivity index (χ4n) is 4.44. The molecule has 8 nitrogen and oxygen atoms in total. The number of hydrogen-bond acceptors (Lipinski definition) is 4. The molecule has 4 N–H and O–H groups in total. The molecule has 1 aliphatic carbocycles. The normalized spacial score (nSPS) is 23.7. The molecule has 3 amide bonds. The van der Waals surface area contributed by atoms with E-state index in [-0.39, 0.29) is 28.4 Å². The van der Waals surface area contributed by atoms with Crippen LogP contribution in [0.1, 0.15) is 53.1 Å². The Morgan fingerprint density at radius 1 is 1.30 bits per heavy atom. The molecule has 1 spiro atoms. The van der Waals surface area contributed by atoms with Gasteiger partial charge in [0.05, 0.1) is 22.5 Å². The van der Waals surface area contributed by atoms with E-state index in [0.29, 0.717) is 44.3 Å². The summed E-state index contributed by atoms with van der Waals surface area (Å²) >= 11 is 6.14. The molecule has 0 unspecified atom stereocenters. The Labute approximate surface area is 177 Å². The van der Waals surface area contributed by atoms with Gasteiger partial charge in [0.2, 0.25) is 5.91 Å². The summed E-state index contributed by atoms with van der Waals surface area (Å²) in [7, 11) is 0. The zero-order chi connectivity index (χ0) is 21.5. The molecule has 2 heterocycles. The number of carbonyl (C=O) groups excluding carboxylic acids is 3. The van der Waals surface area contributed by atoms with E-state index in [2.05, 4.69) is 15.3 Å².